The lowest BCUT2D eigenvalue weighted by atomic mass is 9.80. The van der Waals surface area contributed by atoms with Gasteiger partial charge in [-0.2, -0.15) is 0 Å². The zero-order valence-electron chi connectivity index (χ0n) is 19.5. The summed E-state index contributed by atoms with van der Waals surface area (Å²) in [5.74, 6) is 0. The zero-order valence-corrected chi connectivity index (χ0v) is 19.5. The highest BCUT2D eigenvalue weighted by atomic mass is 14.7. The topological polar surface area (TPSA) is 12.4 Å². The molecule has 1 heteroatoms. The maximum atomic E-state index is 4.66. The second-order valence-corrected chi connectivity index (χ2v) is 9.40. The molecule has 1 aliphatic heterocycles. The van der Waals surface area contributed by atoms with Crippen LogP contribution in [0.25, 0.3) is 49.9 Å². The van der Waals surface area contributed by atoms with E-state index < -0.39 is 0 Å². The third-order valence-corrected chi connectivity index (χ3v) is 7.34. The first-order valence-electron chi connectivity index (χ1n) is 12.4. The minimum atomic E-state index is 0.781. The van der Waals surface area contributed by atoms with Crippen molar-refractivity contribution in [2.45, 2.75) is 12.8 Å². The van der Waals surface area contributed by atoms with Crippen LogP contribution in [-0.2, 0) is 6.42 Å². The summed E-state index contributed by atoms with van der Waals surface area (Å²) in [6.45, 7) is 0.781. The highest BCUT2D eigenvalue weighted by Crippen LogP contribution is 2.45. The summed E-state index contributed by atoms with van der Waals surface area (Å²) < 4.78 is 0. The Morgan fingerprint density at radius 3 is 2.20 bits per heavy atom. The largest absolute Gasteiger partial charge is 0.281 e. The molecule has 0 fully saturated rings. The van der Waals surface area contributed by atoms with Crippen molar-refractivity contribution in [1.82, 2.24) is 0 Å². The molecule has 1 nitrogen and oxygen atoms in total. The fourth-order valence-corrected chi connectivity index (χ4v) is 5.76. The number of fused-ring (bicyclic) bond motifs is 3. The number of nitrogens with zero attached hydrogens (tertiary/aromatic N) is 1. The lowest BCUT2D eigenvalue weighted by molar-refractivity contribution is 0.991. The van der Waals surface area contributed by atoms with Crippen LogP contribution < -0.4 is 0 Å². The van der Waals surface area contributed by atoms with Gasteiger partial charge in [-0.05, 0) is 86.0 Å². The number of hydrogen-bond acceptors (Lipinski definition) is 1. The van der Waals surface area contributed by atoms with E-state index in [0.29, 0.717) is 0 Å². The van der Waals surface area contributed by atoms with Crippen LogP contribution >= 0.6 is 0 Å². The van der Waals surface area contributed by atoms with E-state index in [1.54, 1.807) is 0 Å². The molecule has 0 aromatic heterocycles. The van der Waals surface area contributed by atoms with Crippen LogP contribution in [0.15, 0.2) is 114 Å². The van der Waals surface area contributed by atoms with E-state index in [9.17, 15) is 0 Å². The van der Waals surface area contributed by atoms with Crippen LogP contribution in [0, 0.1) is 0 Å². The molecule has 0 amide bonds. The molecule has 0 radical (unpaired) electrons. The Kier molecular flexibility index (Phi) is 4.73. The molecular formula is C34H25N. The number of rotatable bonds is 3. The predicted molar refractivity (Wildman–Crippen MR) is 150 cm³/mol. The van der Waals surface area contributed by atoms with Gasteiger partial charge >= 0.3 is 0 Å². The van der Waals surface area contributed by atoms with E-state index in [-0.39, 0.29) is 0 Å². The molecule has 0 bridgehead atoms. The van der Waals surface area contributed by atoms with Gasteiger partial charge < -0.3 is 0 Å². The van der Waals surface area contributed by atoms with Crippen molar-refractivity contribution >= 4 is 33.3 Å². The van der Waals surface area contributed by atoms with Crippen LogP contribution in [0.2, 0.25) is 0 Å². The van der Waals surface area contributed by atoms with Crippen LogP contribution in [-0.4, -0.2) is 12.3 Å². The van der Waals surface area contributed by atoms with Gasteiger partial charge in [0.05, 0.1) is 12.3 Å². The summed E-state index contributed by atoms with van der Waals surface area (Å²) >= 11 is 0. The Morgan fingerprint density at radius 2 is 1.34 bits per heavy atom. The smallest absolute Gasteiger partial charge is 0.0648 e. The van der Waals surface area contributed by atoms with E-state index in [0.717, 1.165) is 25.1 Å². The Bertz CT molecular complexity index is 1710. The predicted octanol–water partition coefficient (Wildman–Crippen LogP) is 8.65. The van der Waals surface area contributed by atoms with Gasteiger partial charge in [-0.3, -0.25) is 4.99 Å². The maximum Gasteiger partial charge on any atom is 0.0648 e. The molecule has 166 valence electrons. The zero-order chi connectivity index (χ0) is 23.2. The first kappa shape index (κ1) is 20.2. The number of hydrogen-bond donors (Lipinski definition) is 0. The fraction of sp³-hybridized carbons (Fsp3) is 0.0882. The SMILES string of the molecule is C1=Cc2c(c(-c3cccc(C4=NCC=C4)c3)c3ccccc3c2-c2ccc3ccccc3c2)CC1. The summed E-state index contributed by atoms with van der Waals surface area (Å²) in [4.78, 5) is 4.66. The van der Waals surface area contributed by atoms with Gasteiger partial charge in [-0.15, -0.1) is 0 Å². The molecule has 0 saturated carbocycles. The van der Waals surface area contributed by atoms with Crippen molar-refractivity contribution in [1.29, 1.82) is 0 Å². The van der Waals surface area contributed by atoms with Crippen LogP contribution in [0.1, 0.15) is 23.1 Å². The van der Waals surface area contributed by atoms with Crippen molar-refractivity contribution in [3.8, 4) is 22.3 Å². The molecule has 1 aliphatic carbocycles. The summed E-state index contributed by atoms with van der Waals surface area (Å²) in [6, 6.07) is 33.4. The van der Waals surface area contributed by atoms with Crippen LogP contribution in [0.3, 0.4) is 0 Å². The first-order valence-corrected chi connectivity index (χ1v) is 12.4. The van der Waals surface area contributed by atoms with Crippen molar-refractivity contribution in [2.24, 2.45) is 4.99 Å². The van der Waals surface area contributed by atoms with E-state index in [1.165, 1.54) is 60.5 Å². The average molecular weight is 448 g/mol. The lowest BCUT2D eigenvalue weighted by Crippen LogP contribution is -2.03. The van der Waals surface area contributed by atoms with Crippen LogP contribution in [0.4, 0.5) is 0 Å². The van der Waals surface area contributed by atoms with Crippen molar-refractivity contribution in [3.63, 3.8) is 0 Å². The van der Waals surface area contributed by atoms with Crippen molar-refractivity contribution in [3.05, 3.63) is 126 Å². The standard InChI is InChI=1S/C34H25N/c1-2-10-24-21-27(19-18-23(24)9-1)34-30-15-5-3-13-28(30)33(29-14-4-6-16-31(29)34)26-12-7-11-25(22-26)32-17-8-20-35-32/h1-3,5-13,15-19,21-22H,4,14,20H2. The normalized spacial score (nSPS) is 14.5. The summed E-state index contributed by atoms with van der Waals surface area (Å²) in [5, 5.41) is 5.20. The molecule has 0 unspecified atom stereocenters. The number of allylic oxidation sites excluding steroid dienone is 2. The van der Waals surface area contributed by atoms with Gasteiger partial charge in [0, 0.05) is 5.56 Å². The molecule has 0 spiro atoms. The summed E-state index contributed by atoms with van der Waals surface area (Å²) in [5.41, 5.74) is 10.4. The quantitative estimate of drug-likeness (QED) is 0.262. The van der Waals surface area contributed by atoms with Gasteiger partial charge in [0.25, 0.3) is 0 Å². The molecule has 7 rings (SSSR count). The van der Waals surface area contributed by atoms with E-state index >= 15 is 0 Å². The van der Waals surface area contributed by atoms with Crippen molar-refractivity contribution < 1.29 is 0 Å². The van der Waals surface area contributed by atoms with Gasteiger partial charge in [0.1, 0.15) is 0 Å². The van der Waals surface area contributed by atoms with Crippen LogP contribution in [0.5, 0.6) is 0 Å². The minimum absolute atomic E-state index is 0.781. The van der Waals surface area contributed by atoms with Crippen molar-refractivity contribution in [2.75, 3.05) is 6.54 Å². The number of aliphatic imine (C=N–C) groups is 1. The Morgan fingerprint density at radius 1 is 0.571 bits per heavy atom. The molecule has 2 aliphatic rings. The molecule has 0 N–H and O–H groups in total. The molecule has 1 heterocycles. The maximum absolute atomic E-state index is 4.66. The van der Waals surface area contributed by atoms with Gasteiger partial charge in [0.2, 0.25) is 0 Å². The Labute approximate surface area is 205 Å². The third-order valence-electron chi connectivity index (χ3n) is 7.34. The summed E-state index contributed by atoms with van der Waals surface area (Å²) in [6.07, 6.45) is 11.1. The highest BCUT2D eigenvalue weighted by molar-refractivity contribution is 6.13. The second-order valence-electron chi connectivity index (χ2n) is 9.40. The summed E-state index contributed by atoms with van der Waals surface area (Å²) in [7, 11) is 0. The van der Waals surface area contributed by atoms with E-state index in [1.807, 2.05) is 0 Å². The molecular weight excluding hydrogens is 422 g/mol. The molecule has 5 aromatic carbocycles. The molecule has 0 atom stereocenters. The Balaban J connectivity index is 1.53. The molecule has 35 heavy (non-hydrogen) atoms. The Hall–Kier alpha value is -4.23. The second kappa shape index (κ2) is 8.21. The van der Waals surface area contributed by atoms with Gasteiger partial charge in [-0.25, -0.2) is 0 Å². The number of benzene rings is 5. The monoisotopic (exact) mass is 447 g/mol. The third kappa shape index (κ3) is 3.35. The highest BCUT2D eigenvalue weighted by Gasteiger charge is 2.22. The average Bonchev–Trinajstić information content (AvgIpc) is 3.47. The van der Waals surface area contributed by atoms with Gasteiger partial charge in [-0.1, -0.05) is 97.1 Å². The van der Waals surface area contributed by atoms with Gasteiger partial charge in [0.15, 0.2) is 0 Å². The molecule has 5 aromatic rings. The lowest BCUT2D eigenvalue weighted by Gasteiger charge is -2.24. The fourth-order valence-electron chi connectivity index (χ4n) is 5.76. The molecule has 0 saturated heterocycles. The first-order chi connectivity index (χ1) is 17.4. The van der Waals surface area contributed by atoms with E-state index in [2.05, 4.69) is 120 Å². The minimum Gasteiger partial charge on any atom is -0.281 e. The van der Waals surface area contributed by atoms with E-state index in [4.69, 9.17) is 0 Å².